The van der Waals surface area contributed by atoms with Crippen LogP contribution in [0.4, 0.5) is 0 Å². The van der Waals surface area contributed by atoms with Gasteiger partial charge in [-0.05, 0) is 34.3 Å². The third kappa shape index (κ3) is 6.50. The topological polar surface area (TPSA) is 38.7 Å². The maximum Gasteiger partial charge on any atom is 0.261 e. The zero-order valence-electron chi connectivity index (χ0n) is 23.4. The number of ether oxygens (including phenoxy) is 1. The molecule has 0 bridgehead atoms. The average Bonchev–Trinajstić information content (AvgIpc) is 2.90. The first-order valence-electron chi connectivity index (χ1n) is 13.4. The van der Waals surface area contributed by atoms with Crippen molar-refractivity contribution >= 4 is 18.7 Å². The van der Waals surface area contributed by atoms with Crippen molar-refractivity contribution in [2.75, 3.05) is 13.2 Å². The van der Waals surface area contributed by atoms with E-state index in [9.17, 15) is 5.11 Å². The zero-order chi connectivity index (χ0) is 26.9. The summed E-state index contributed by atoms with van der Waals surface area (Å²) < 4.78 is 13.8. The van der Waals surface area contributed by atoms with Crippen molar-refractivity contribution in [3.05, 3.63) is 108 Å². The van der Waals surface area contributed by atoms with Crippen LogP contribution in [-0.4, -0.2) is 32.7 Å². The molecular formula is C33H44O3Si. The first-order chi connectivity index (χ1) is 17.7. The molecule has 3 rings (SSSR count). The fraction of sp³-hybridized carbons (Fsp3) is 0.394. The van der Waals surface area contributed by atoms with Crippen LogP contribution in [0, 0.1) is 5.41 Å². The van der Waals surface area contributed by atoms with Crippen LogP contribution in [0.1, 0.15) is 53.5 Å². The van der Waals surface area contributed by atoms with Gasteiger partial charge in [-0.15, -0.1) is 0 Å². The molecule has 4 heteroatoms. The Morgan fingerprint density at radius 1 is 0.838 bits per heavy atom. The largest absolute Gasteiger partial charge is 0.406 e. The average molecular weight is 517 g/mol. The Morgan fingerprint density at radius 3 is 1.76 bits per heavy atom. The molecule has 0 saturated carbocycles. The predicted molar refractivity (Wildman–Crippen MR) is 158 cm³/mol. The Morgan fingerprint density at radius 2 is 1.32 bits per heavy atom. The lowest BCUT2D eigenvalue weighted by Gasteiger charge is -2.46. The summed E-state index contributed by atoms with van der Waals surface area (Å²) in [7, 11) is -2.74. The summed E-state index contributed by atoms with van der Waals surface area (Å²) >= 11 is 0. The fourth-order valence-electron chi connectivity index (χ4n) is 5.23. The standard InChI is InChI=1S/C33H44O3Si/c1-7-17-27(2)33(6,31(24-34)35-25-28-18-11-8-12-19-28)26-36-37(32(3,4)5,29-20-13-9-14-21-29)30-22-15-10-16-23-30/h8-23,31,34H,7,24-26H2,1-6H3/b27-17+/t31-,33-/m0/s1. The minimum Gasteiger partial charge on any atom is -0.406 e. The van der Waals surface area contributed by atoms with Crippen LogP contribution >= 0.6 is 0 Å². The van der Waals surface area contributed by atoms with Crippen LogP contribution in [0.5, 0.6) is 0 Å². The molecule has 0 amide bonds. The summed E-state index contributed by atoms with van der Waals surface area (Å²) in [6.45, 7) is 14.2. The van der Waals surface area contributed by atoms with Crippen molar-refractivity contribution in [2.24, 2.45) is 5.41 Å². The van der Waals surface area contributed by atoms with E-state index in [2.05, 4.69) is 120 Å². The number of aliphatic hydroxyl groups is 1. The molecule has 0 aliphatic heterocycles. The van der Waals surface area contributed by atoms with E-state index >= 15 is 0 Å². The van der Waals surface area contributed by atoms with Gasteiger partial charge in [0.15, 0.2) is 0 Å². The molecule has 0 fully saturated rings. The van der Waals surface area contributed by atoms with Crippen LogP contribution in [0.3, 0.4) is 0 Å². The van der Waals surface area contributed by atoms with Gasteiger partial charge in [0, 0.05) is 12.0 Å². The SMILES string of the molecule is CC/C=C(\C)[C@](C)(CO[Si](c1ccccc1)(c1ccccc1)C(C)(C)C)[C@H](CO)OCc1ccccc1. The second kappa shape index (κ2) is 12.8. The minimum absolute atomic E-state index is 0.0810. The van der Waals surface area contributed by atoms with Gasteiger partial charge in [0.25, 0.3) is 8.32 Å². The van der Waals surface area contributed by atoms with Crippen molar-refractivity contribution in [2.45, 2.75) is 65.7 Å². The van der Waals surface area contributed by atoms with Crippen LogP contribution in [0.15, 0.2) is 103 Å². The van der Waals surface area contributed by atoms with Crippen LogP contribution in [0.25, 0.3) is 0 Å². The third-order valence-corrected chi connectivity index (χ3v) is 12.6. The smallest absolute Gasteiger partial charge is 0.261 e. The highest BCUT2D eigenvalue weighted by molar-refractivity contribution is 6.99. The molecule has 2 atom stereocenters. The van der Waals surface area contributed by atoms with Gasteiger partial charge < -0.3 is 14.3 Å². The Hall–Kier alpha value is -2.50. The maximum atomic E-state index is 10.6. The second-order valence-electron chi connectivity index (χ2n) is 11.1. The fourth-order valence-corrected chi connectivity index (χ4v) is 9.90. The highest BCUT2D eigenvalue weighted by atomic mass is 28.4. The van der Waals surface area contributed by atoms with Gasteiger partial charge in [-0.2, -0.15) is 0 Å². The highest BCUT2D eigenvalue weighted by Gasteiger charge is 2.52. The molecule has 0 unspecified atom stereocenters. The molecular weight excluding hydrogens is 472 g/mol. The number of benzene rings is 3. The second-order valence-corrected chi connectivity index (χ2v) is 15.4. The molecule has 0 heterocycles. The molecule has 3 aromatic carbocycles. The Balaban J connectivity index is 2.06. The summed E-state index contributed by atoms with van der Waals surface area (Å²) in [5, 5.41) is 13.0. The number of hydrogen-bond donors (Lipinski definition) is 1. The summed E-state index contributed by atoms with van der Waals surface area (Å²) in [6.07, 6.45) is 2.74. The molecule has 0 radical (unpaired) electrons. The molecule has 0 spiro atoms. The third-order valence-electron chi connectivity index (χ3n) is 7.59. The monoisotopic (exact) mass is 516 g/mol. The van der Waals surface area contributed by atoms with Gasteiger partial charge in [-0.25, -0.2) is 0 Å². The number of aliphatic hydroxyl groups excluding tert-OH is 1. The zero-order valence-corrected chi connectivity index (χ0v) is 24.4. The van der Waals surface area contributed by atoms with Gasteiger partial charge >= 0.3 is 0 Å². The van der Waals surface area contributed by atoms with Gasteiger partial charge in [0.05, 0.1) is 19.3 Å². The molecule has 3 aromatic rings. The lowest BCUT2D eigenvalue weighted by molar-refractivity contribution is -0.0724. The van der Waals surface area contributed by atoms with Gasteiger partial charge in [0.1, 0.15) is 0 Å². The van der Waals surface area contributed by atoms with Crippen molar-refractivity contribution in [3.63, 3.8) is 0 Å². The Kier molecular flexibility index (Phi) is 10.1. The molecule has 3 nitrogen and oxygen atoms in total. The Labute approximate surface area is 225 Å². The molecule has 0 aromatic heterocycles. The molecule has 37 heavy (non-hydrogen) atoms. The van der Waals surface area contributed by atoms with Crippen LogP contribution in [-0.2, 0) is 15.8 Å². The summed E-state index contributed by atoms with van der Waals surface area (Å²) in [5.41, 5.74) is 1.76. The van der Waals surface area contributed by atoms with E-state index in [0.717, 1.165) is 12.0 Å². The van der Waals surface area contributed by atoms with Crippen molar-refractivity contribution in [3.8, 4) is 0 Å². The highest BCUT2D eigenvalue weighted by Crippen LogP contribution is 2.41. The quantitative estimate of drug-likeness (QED) is 0.220. The number of allylic oxidation sites excluding steroid dienone is 1. The maximum absolute atomic E-state index is 10.6. The van der Waals surface area contributed by atoms with E-state index in [0.29, 0.717) is 13.2 Å². The van der Waals surface area contributed by atoms with Crippen molar-refractivity contribution < 1.29 is 14.3 Å². The normalized spacial score (nSPS) is 15.3. The first-order valence-corrected chi connectivity index (χ1v) is 15.3. The summed E-state index contributed by atoms with van der Waals surface area (Å²) in [4.78, 5) is 0. The van der Waals surface area contributed by atoms with Crippen molar-refractivity contribution in [1.29, 1.82) is 0 Å². The Bertz CT molecular complexity index is 1070. The molecule has 1 N–H and O–H groups in total. The summed E-state index contributed by atoms with van der Waals surface area (Å²) in [6, 6.07) is 31.6. The predicted octanol–water partition coefficient (Wildman–Crippen LogP) is 6.50. The molecule has 0 saturated heterocycles. The number of rotatable bonds is 12. The minimum atomic E-state index is -2.74. The lowest BCUT2D eigenvalue weighted by Crippen LogP contribution is -2.67. The van der Waals surface area contributed by atoms with Gasteiger partial charge in [-0.3, -0.25) is 0 Å². The van der Waals surface area contributed by atoms with Crippen LogP contribution < -0.4 is 10.4 Å². The number of hydrogen-bond acceptors (Lipinski definition) is 3. The summed E-state index contributed by atoms with van der Waals surface area (Å²) in [5.74, 6) is 0. The van der Waals surface area contributed by atoms with Crippen LogP contribution in [0.2, 0.25) is 5.04 Å². The van der Waals surface area contributed by atoms with E-state index in [-0.39, 0.29) is 11.6 Å². The van der Waals surface area contributed by atoms with E-state index < -0.39 is 19.8 Å². The van der Waals surface area contributed by atoms with E-state index in [4.69, 9.17) is 9.16 Å². The van der Waals surface area contributed by atoms with Gasteiger partial charge in [0.2, 0.25) is 0 Å². The van der Waals surface area contributed by atoms with Crippen molar-refractivity contribution in [1.82, 2.24) is 0 Å². The lowest BCUT2D eigenvalue weighted by atomic mass is 9.78. The molecule has 0 aliphatic carbocycles. The van der Waals surface area contributed by atoms with E-state index in [1.807, 2.05) is 18.2 Å². The molecule has 0 aliphatic rings. The molecule has 198 valence electrons. The first kappa shape index (κ1) is 29.1. The van der Waals surface area contributed by atoms with Gasteiger partial charge in [-0.1, -0.05) is 137 Å². The van der Waals surface area contributed by atoms with E-state index in [1.54, 1.807) is 0 Å². The van der Waals surface area contributed by atoms with E-state index in [1.165, 1.54) is 15.9 Å².